The van der Waals surface area contributed by atoms with Gasteiger partial charge in [0.05, 0.1) is 13.0 Å². The van der Waals surface area contributed by atoms with Gasteiger partial charge in [-0.1, -0.05) is 6.07 Å². The van der Waals surface area contributed by atoms with Gasteiger partial charge in [0.15, 0.2) is 0 Å². The van der Waals surface area contributed by atoms with E-state index in [1.807, 2.05) is 17.0 Å². The van der Waals surface area contributed by atoms with Gasteiger partial charge in [0.1, 0.15) is 5.75 Å². The fourth-order valence-corrected chi connectivity index (χ4v) is 2.40. The largest absolute Gasteiger partial charge is 0.493 e. The Hall–Kier alpha value is -1.51. The topological polar surface area (TPSA) is 29.5 Å². The summed E-state index contributed by atoms with van der Waals surface area (Å²) in [5.41, 5.74) is 2.38. The SMILES string of the molecule is Cc1cc(C)cc(OCCC(=O)N2CCCC2)c1. The smallest absolute Gasteiger partial charge is 0.225 e. The molecule has 98 valence electrons. The van der Waals surface area contributed by atoms with Gasteiger partial charge in [-0.15, -0.1) is 0 Å². The summed E-state index contributed by atoms with van der Waals surface area (Å²) in [5.74, 6) is 1.08. The Balaban J connectivity index is 1.79. The molecule has 1 heterocycles. The standard InChI is InChI=1S/C15H21NO2/c1-12-9-13(2)11-14(10-12)18-8-5-15(17)16-6-3-4-7-16/h9-11H,3-8H2,1-2H3. The first kappa shape index (κ1) is 12.9. The summed E-state index contributed by atoms with van der Waals surface area (Å²) < 4.78 is 5.65. The molecule has 0 radical (unpaired) electrons. The lowest BCUT2D eigenvalue weighted by Gasteiger charge is -2.15. The summed E-state index contributed by atoms with van der Waals surface area (Å²) >= 11 is 0. The predicted octanol–water partition coefficient (Wildman–Crippen LogP) is 2.69. The van der Waals surface area contributed by atoms with Crippen molar-refractivity contribution in [1.82, 2.24) is 4.90 Å². The summed E-state index contributed by atoms with van der Waals surface area (Å²) in [6, 6.07) is 6.13. The average Bonchev–Trinajstić information content (AvgIpc) is 2.80. The summed E-state index contributed by atoms with van der Waals surface area (Å²) in [4.78, 5) is 13.8. The number of benzene rings is 1. The number of rotatable bonds is 4. The molecule has 0 bridgehead atoms. The van der Waals surface area contributed by atoms with Crippen LogP contribution >= 0.6 is 0 Å². The third kappa shape index (κ3) is 3.49. The lowest BCUT2D eigenvalue weighted by atomic mass is 10.1. The van der Waals surface area contributed by atoms with Crippen LogP contribution in [0.2, 0.25) is 0 Å². The molecule has 0 unspecified atom stereocenters. The number of hydrogen-bond donors (Lipinski definition) is 0. The number of nitrogens with zero attached hydrogens (tertiary/aromatic N) is 1. The van der Waals surface area contributed by atoms with Crippen molar-refractivity contribution in [2.45, 2.75) is 33.1 Å². The van der Waals surface area contributed by atoms with Gasteiger partial charge in [0.2, 0.25) is 5.91 Å². The number of ether oxygens (including phenoxy) is 1. The Kier molecular flexibility index (Phi) is 4.24. The van der Waals surface area contributed by atoms with Crippen molar-refractivity contribution in [2.75, 3.05) is 19.7 Å². The van der Waals surface area contributed by atoms with Crippen molar-refractivity contribution in [1.29, 1.82) is 0 Å². The summed E-state index contributed by atoms with van der Waals surface area (Å²) in [6.07, 6.45) is 2.76. The van der Waals surface area contributed by atoms with Crippen molar-refractivity contribution < 1.29 is 9.53 Å². The highest BCUT2D eigenvalue weighted by molar-refractivity contribution is 5.76. The first-order valence-corrected chi connectivity index (χ1v) is 6.64. The van der Waals surface area contributed by atoms with Crippen LogP contribution in [0.3, 0.4) is 0 Å². The van der Waals surface area contributed by atoms with Crippen molar-refractivity contribution in [3.05, 3.63) is 29.3 Å². The monoisotopic (exact) mass is 247 g/mol. The van der Waals surface area contributed by atoms with Gasteiger partial charge in [-0.3, -0.25) is 4.79 Å². The number of hydrogen-bond acceptors (Lipinski definition) is 2. The molecule has 3 nitrogen and oxygen atoms in total. The summed E-state index contributed by atoms with van der Waals surface area (Å²) in [6.45, 7) is 6.41. The minimum Gasteiger partial charge on any atom is -0.493 e. The third-order valence-corrected chi connectivity index (χ3v) is 3.24. The van der Waals surface area contributed by atoms with Crippen LogP contribution in [0.25, 0.3) is 0 Å². The van der Waals surface area contributed by atoms with Crippen LogP contribution < -0.4 is 4.74 Å². The molecule has 3 heteroatoms. The maximum Gasteiger partial charge on any atom is 0.225 e. The van der Waals surface area contributed by atoms with Crippen LogP contribution in [-0.2, 0) is 4.79 Å². The maximum atomic E-state index is 11.8. The average molecular weight is 247 g/mol. The zero-order valence-electron chi connectivity index (χ0n) is 11.2. The highest BCUT2D eigenvalue weighted by Gasteiger charge is 2.17. The second-order valence-electron chi connectivity index (χ2n) is 5.01. The molecule has 1 fully saturated rings. The minimum absolute atomic E-state index is 0.219. The van der Waals surface area contributed by atoms with E-state index in [9.17, 15) is 4.79 Å². The Morgan fingerprint density at radius 2 is 1.78 bits per heavy atom. The van der Waals surface area contributed by atoms with Crippen molar-refractivity contribution in [2.24, 2.45) is 0 Å². The molecule has 1 aliphatic rings. The molecule has 0 atom stereocenters. The number of likely N-dealkylation sites (tertiary alicyclic amines) is 1. The van der Waals surface area contributed by atoms with Gasteiger partial charge < -0.3 is 9.64 Å². The van der Waals surface area contributed by atoms with Crippen molar-refractivity contribution >= 4 is 5.91 Å². The Bertz CT molecular complexity index is 402. The van der Waals surface area contributed by atoms with E-state index < -0.39 is 0 Å². The molecule has 1 saturated heterocycles. The van der Waals surface area contributed by atoms with E-state index in [1.165, 1.54) is 11.1 Å². The van der Waals surface area contributed by atoms with Gasteiger partial charge in [-0.05, 0) is 49.9 Å². The zero-order chi connectivity index (χ0) is 13.0. The first-order chi connectivity index (χ1) is 8.65. The Morgan fingerprint density at radius 1 is 1.17 bits per heavy atom. The lowest BCUT2D eigenvalue weighted by Crippen LogP contribution is -2.28. The van der Waals surface area contributed by atoms with Crippen LogP contribution in [0.1, 0.15) is 30.4 Å². The Labute approximate surface area is 109 Å². The lowest BCUT2D eigenvalue weighted by molar-refractivity contribution is -0.130. The third-order valence-electron chi connectivity index (χ3n) is 3.24. The van der Waals surface area contributed by atoms with Gasteiger partial charge in [-0.25, -0.2) is 0 Å². The van der Waals surface area contributed by atoms with Crippen molar-refractivity contribution in [3.8, 4) is 5.75 Å². The fraction of sp³-hybridized carbons (Fsp3) is 0.533. The molecule has 2 rings (SSSR count). The molecule has 1 amide bonds. The number of carbonyl (C=O) groups excluding carboxylic acids is 1. The fourth-order valence-electron chi connectivity index (χ4n) is 2.40. The molecule has 0 aromatic heterocycles. The van der Waals surface area contributed by atoms with Gasteiger partial charge in [-0.2, -0.15) is 0 Å². The maximum absolute atomic E-state index is 11.8. The van der Waals surface area contributed by atoms with Crippen LogP contribution in [0, 0.1) is 13.8 Å². The highest BCUT2D eigenvalue weighted by atomic mass is 16.5. The van der Waals surface area contributed by atoms with Gasteiger partial charge >= 0.3 is 0 Å². The van der Waals surface area contributed by atoms with E-state index in [0.717, 1.165) is 31.7 Å². The molecule has 0 N–H and O–H groups in total. The van der Waals surface area contributed by atoms with E-state index in [2.05, 4.69) is 19.9 Å². The highest BCUT2D eigenvalue weighted by Crippen LogP contribution is 2.16. The van der Waals surface area contributed by atoms with E-state index >= 15 is 0 Å². The van der Waals surface area contributed by atoms with Crippen LogP contribution in [0.15, 0.2) is 18.2 Å². The van der Waals surface area contributed by atoms with E-state index in [4.69, 9.17) is 4.74 Å². The van der Waals surface area contributed by atoms with Crippen LogP contribution in [0.4, 0.5) is 0 Å². The number of aryl methyl sites for hydroxylation is 2. The Morgan fingerprint density at radius 3 is 2.39 bits per heavy atom. The zero-order valence-corrected chi connectivity index (χ0v) is 11.2. The van der Waals surface area contributed by atoms with Crippen LogP contribution in [-0.4, -0.2) is 30.5 Å². The minimum atomic E-state index is 0.219. The molecule has 0 aliphatic carbocycles. The predicted molar refractivity (Wildman–Crippen MR) is 71.8 cm³/mol. The first-order valence-electron chi connectivity index (χ1n) is 6.64. The second kappa shape index (κ2) is 5.89. The van der Waals surface area contributed by atoms with Gasteiger partial charge in [0.25, 0.3) is 0 Å². The molecule has 1 aromatic rings. The van der Waals surface area contributed by atoms with E-state index in [1.54, 1.807) is 0 Å². The normalized spacial score (nSPS) is 14.9. The van der Waals surface area contributed by atoms with E-state index in [-0.39, 0.29) is 5.91 Å². The quantitative estimate of drug-likeness (QED) is 0.818. The second-order valence-corrected chi connectivity index (χ2v) is 5.01. The summed E-state index contributed by atoms with van der Waals surface area (Å²) in [7, 11) is 0. The number of amides is 1. The molecular formula is C15H21NO2. The molecular weight excluding hydrogens is 226 g/mol. The summed E-state index contributed by atoms with van der Waals surface area (Å²) in [5, 5.41) is 0. The molecule has 18 heavy (non-hydrogen) atoms. The molecule has 1 aromatic carbocycles. The number of carbonyl (C=O) groups is 1. The van der Waals surface area contributed by atoms with Crippen molar-refractivity contribution in [3.63, 3.8) is 0 Å². The molecule has 0 spiro atoms. The molecule has 0 saturated carbocycles. The van der Waals surface area contributed by atoms with Crippen LogP contribution in [0.5, 0.6) is 5.75 Å². The van der Waals surface area contributed by atoms with Gasteiger partial charge in [0, 0.05) is 13.1 Å². The van der Waals surface area contributed by atoms with E-state index in [0.29, 0.717) is 13.0 Å². The molecule has 1 aliphatic heterocycles.